The van der Waals surface area contributed by atoms with Crippen LogP contribution in [0.1, 0.15) is 36.9 Å². The van der Waals surface area contributed by atoms with Gasteiger partial charge in [-0.25, -0.2) is 23.4 Å². The number of carbonyl (C=O) groups is 2. The first-order valence-electron chi connectivity index (χ1n) is 10.9. The molecule has 1 aliphatic rings. The molecule has 2 aromatic carbocycles. The Bertz CT molecular complexity index is 1450. The summed E-state index contributed by atoms with van der Waals surface area (Å²) in [5.74, 6) is -1.96. The summed E-state index contributed by atoms with van der Waals surface area (Å²) in [5.41, 5.74) is 1.22. The third-order valence-electron chi connectivity index (χ3n) is 6.02. The summed E-state index contributed by atoms with van der Waals surface area (Å²) in [6.07, 6.45) is -0.417. The van der Waals surface area contributed by atoms with Crippen molar-refractivity contribution in [1.82, 2.24) is 9.55 Å². The third-order valence-corrected chi connectivity index (χ3v) is 7.89. The van der Waals surface area contributed by atoms with Gasteiger partial charge in [-0.2, -0.15) is 0 Å². The number of esters is 2. The van der Waals surface area contributed by atoms with Crippen molar-refractivity contribution >= 4 is 46.2 Å². The van der Waals surface area contributed by atoms with Crippen molar-refractivity contribution in [3.8, 4) is 0 Å². The Morgan fingerprint density at radius 1 is 1.06 bits per heavy atom. The molecule has 2 aromatic heterocycles. The maximum atomic E-state index is 16.2. The summed E-state index contributed by atoms with van der Waals surface area (Å²) in [6.45, 7) is 0. The minimum Gasteiger partial charge on any atom is -0.465 e. The maximum absolute atomic E-state index is 16.2. The highest BCUT2D eigenvalue weighted by atomic mass is 35.5. The standard InChI is InChI=1S/C26H19ClF2N2O4S/c1-34-26(33)16-10-6-5-9-15(16)22-20(29)21(35-25(32)14-7-3-2-4-8-14)24(36-22)31-13-17(28)19-18(31)11-12-30-23(19)27/h2-13,20-22,24H,1H3/t20-,21+,22+,24+/m0/s1. The molecule has 184 valence electrons. The molecule has 1 aliphatic heterocycles. The van der Waals surface area contributed by atoms with Crippen molar-refractivity contribution in [2.24, 2.45) is 0 Å². The van der Waals surface area contributed by atoms with Gasteiger partial charge in [0.05, 0.1) is 34.4 Å². The molecule has 0 amide bonds. The number of hydrogen-bond donors (Lipinski definition) is 0. The Kier molecular flexibility index (Phi) is 6.68. The van der Waals surface area contributed by atoms with Gasteiger partial charge in [-0.1, -0.05) is 48.0 Å². The minimum atomic E-state index is -1.73. The van der Waals surface area contributed by atoms with Crippen LogP contribution in [0, 0.1) is 5.82 Å². The molecular formula is C26H19ClF2N2O4S. The van der Waals surface area contributed by atoms with E-state index in [1.165, 1.54) is 24.1 Å². The number of methoxy groups -OCH3 is 1. The Hall–Kier alpha value is -3.43. The van der Waals surface area contributed by atoms with Gasteiger partial charge in [0, 0.05) is 12.4 Å². The number of nitrogens with zero attached hydrogens (tertiary/aromatic N) is 2. The molecule has 1 fully saturated rings. The summed E-state index contributed by atoms with van der Waals surface area (Å²) in [6, 6.07) is 16.3. The molecule has 0 saturated carbocycles. The van der Waals surface area contributed by atoms with Crippen molar-refractivity contribution in [1.29, 1.82) is 0 Å². The number of hydrogen-bond acceptors (Lipinski definition) is 6. The van der Waals surface area contributed by atoms with Gasteiger partial charge in [-0.15, -0.1) is 11.8 Å². The summed E-state index contributed by atoms with van der Waals surface area (Å²) >= 11 is 7.24. The van der Waals surface area contributed by atoms with Crippen LogP contribution in [0.4, 0.5) is 8.78 Å². The number of fused-ring (bicyclic) bond motifs is 1. The molecule has 0 N–H and O–H groups in total. The van der Waals surface area contributed by atoms with Crippen LogP contribution in [0.5, 0.6) is 0 Å². The molecule has 0 aliphatic carbocycles. The second kappa shape index (κ2) is 9.91. The monoisotopic (exact) mass is 528 g/mol. The second-order valence-electron chi connectivity index (χ2n) is 8.09. The van der Waals surface area contributed by atoms with Gasteiger partial charge < -0.3 is 14.0 Å². The third kappa shape index (κ3) is 4.22. The van der Waals surface area contributed by atoms with E-state index in [0.29, 0.717) is 11.1 Å². The van der Waals surface area contributed by atoms with Gasteiger partial charge in [0.2, 0.25) is 0 Å². The number of benzene rings is 2. The number of carbonyl (C=O) groups excluding carboxylic acids is 2. The average Bonchev–Trinajstić information content (AvgIpc) is 3.41. The van der Waals surface area contributed by atoms with E-state index in [2.05, 4.69) is 4.98 Å². The fourth-order valence-electron chi connectivity index (χ4n) is 4.36. The van der Waals surface area contributed by atoms with Crippen molar-refractivity contribution in [3.05, 3.63) is 101 Å². The number of alkyl halides is 1. The molecular weight excluding hydrogens is 510 g/mol. The van der Waals surface area contributed by atoms with Crippen LogP contribution in [0.3, 0.4) is 0 Å². The van der Waals surface area contributed by atoms with Crippen LogP contribution in [-0.2, 0) is 9.47 Å². The van der Waals surface area contributed by atoms with Gasteiger partial charge in [-0.3, -0.25) is 0 Å². The zero-order chi connectivity index (χ0) is 25.4. The van der Waals surface area contributed by atoms with Crippen LogP contribution < -0.4 is 0 Å². The molecule has 0 bridgehead atoms. The fraction of sp³-hybridized carbons (Fsp3) is 0.192. The number of thioether (sulfide) groups is 1. The van der Waals surface area contributed by atoms with Gasteiger partial charge in [0.1, 0.15) is 10.5 Å². The van der Waals surface area contributed by atoms with Crippen LogP contribution in [0.25, 0.3) is 10.9 Å². The zero-order valence-electron chi connectivity index (χ0n) is 18.8. The van der Waals surface area contributed by atoms with E-state index >= 15 is 4.39 Å². The normalized spacial score (nSPS) is 21.4. The average molecular weight is 529 g/mol. The first-order valence-corrected chi connectivity index (χ1v) is 12.3. The summed E-state index contributed by atoms with van der Waals surface area (Å²) in [4.78, 5) is 29.2. The van der Waals surface area contributed by atoms with Gasteiger partial charge >= 0.3 is 11.9 Å². The van der Waals surface area contributed by atoms with Gasteiger partial charge in [0.15, 0.2) is 18.1 Å². The topological polar surface area (TPSA) is 70.4 Å². The van der Waals surface area contributed by atoms with Crippen molar-refractivity contribution in [2.45, 2.75) is 22.9 Å². The largest absolute Gasteiger partial charge is 0.465 e. The van der Waals surface area contributed by atoms with Crippen LogP contribution >= 0.6 is 23.4 Å². The minimum absolute atomic E-state index is 0.0334. The molecule has 4 atom stereocenters. The fourth-order valence-corrected chi connectivity index (χ4v) is 6.23. The lowest BCUT2D eigenvalue weighted by Gasteiger charge is -2.22. The van der Waals surface area contributed by atoms with Crippen molar-refractivity contribution < 1.29 is 27.8 Å². The maximum Gasteiger partial charge on any atom is 0.338 e. The summed E-state index contributed by atoms with van der Waals surface area (Å²) < 4.78 is 43.2. The van der Waals surface area contributed by atoms with E-state index in [4.69, 9.17) is 21.1 Å². The van der Waals surface area contributed by atoms with E-state index in [1.807, 2.05) is 0 Å². The summed E-state index contributed by atoms with van der Waals surface area (Å²) in [5, 5.41) is -1.72. The number of aromatic nitrogens is 2. The molecule has 0 radical (unpaired) electrons. The Balaban J connectivity index is 1.60. The van der Waals surface area contributed by atoms with E-state index in [-0.39, 0.29) is 21.7 Å². The van der Waals surface area contributed by atoms with Crippen LogP contribution in [-0.4, -0.2) is 40.9 Å². The SMILES string of the molecule is COC(=O)c1ccccc1[C@H]1S[C@@H](n2cc(F)c3c(Cl)nccc32)[C@H](OC(=O)c2ccccc2)[C@@H]1F. The first kappa shape index (κ1) is 24.3. The second-order valence-corrected chi connectivity index (χ2v) is 9.71. The van der Waals surface area contributed by atoms with Crippen LogP contribution in [0.2, 0.25) is 5.15 Å². The highest BCUT2D eigenvalue weighted by Gasteiger charge is 2.50. The molecule has 4 aromatic rings. The quantitative estimate of drug-likeness (QED) is 0.228. The zero-order valence-corrected chi connectivity index (χ0v) is 20.4. The predicted octanol–water partition coefficient (Wildman–Crippen LogP) is 6.17. The molecule has 10 heteroatoms. The Labute approximate surface area is 214 Å². The first-order chi connectivity index (χ1) is 17.4. The Morgan fingerprint density at radius 2 is 1.78 bits per heavy atom. The smallest absolute Gasteiger partial charge is 0.338 e. The molecule has 0 unspecified atom stereocenters. The lowest BCUT2D eigenvalue weighted by atomic mass is 9.99. The highest BCUT2D eigenvalue weighted by molar-refractivity contribution is 8.00. The highest BCUT2D eigenvalue weighted by Crippen LogP contribution is 2.55. The van der Waals surface area contributed by atoms with E-state index in [0.717, 1.165) is 11.8 Å². The predicted molar refractivity (Wildman–Crippen MR) is 132 cm³/mol. The van der Waals surface area contributed by atoms with E-state index in [1.54, 1.807) is 60.7 Å². The molecule has 6 nitrogen and oxygen atoms in total. The van der Waals surface area contributed by atoms with Crippen molar-refractivity contribution in [2.75, 3.05) is 7.11 Å². The van der Waals surface area contributed by atoms with Crippen molar-refractivity contribution in [3.63, 3.8) is 0 Å². The lowest BCUT2D eigenvalue weighted by Crippen LogP contribution is -2.32. The number of pyridine rings is 1. The Morgan fingerprint density at radius 3 is 2.53 bits per heavy atom. The lowest BCUT2D eigenvalue weighted by molar-refractivity contribution is 0.00360. The molecule has 3 heterocycles. The molecule has 1 saturated heterocycles. The molecule has 0 spiro atoms. The van der Waals surface area contributed by atoms with E-state index in [9.17, 15) is 14.0 Å². The number of halogens is 3. The number of rotatable bonds is 5. The van der Waals surface area contributed by atoms with E-state index < -0.39 is 40.7 Å². The van der Waals surface area contributed by atoms with Gasteiger partial charge in [-0.05, 0) is 29.8 Å². The van der Waals surface area contributed by atoms with Crippen LogP contribution in [0.15, 0.2) is 73.1 Å². The molecule has 5 rings (SSSR count). The number of ether oxygens (including phenoxy) is 2. The molecule has 36 heavy (non-hydrogen) atoms. The van der Waals surface area contributed by atoms with Gasteiger partial charge in [0.25, 0.3) is 0 Å². The summed E-state index contributed by atoms with van der Waals surface area (Å²) in [7, 11) is 1.24.